The number of nitrogens with zero attached hydrogens (tertiary/aromatic N) is 1. The molecular formula is C22H27NO2. The Labute approximate surface area is 150 Å². The lowest BCUT2D eigenvalue weighted by Crippen LogP contribution is -2.54. The van der Waals surface area contributed by atoms with Gasteiger partial charge in [0.1, 0.15) is 6.07 Å². The van der Waals surface area contributed by atoms with E-state index in [1.165, 1.54) is 5.56 Å². The van der Waals surface area contributed by atoms with Crippen LogP contribution in [0, 0.1) is 28.1 Å². The van der Waals surface area contributed by atoms with Crippen LogP contribution >= 0.6 is 0 Å². The average molecular weight is 337 g/mol. The van der Waals surface area contributed by atoms with E-state index in [0.717, 1.165) is 25.7 Å². The molecule has 3 atom stereocenters. The maximum absolute atomic E-state index is 12.7. The molecule has 1 fully saturated rings. The Bertz CT molecular complexity index is 743. The van der Waals surface area contributed by atoms with Gasteiger partial charge in [-0.3, -0.25) is 4.79 Å². The van der Waals surface area contributed by atoms with Gasteiger partial charge in [0.25, 0.3) is 0 Å². The van der Waals surface area contributed by atoms with Crippen LogP contribution in [0.4, 0.5) is 0 Å². The van der Waals surface area contributed by atoms with Crippen molar-refractivity contribution in [3.05, 3.63) is 47.5 Å². The molecule has 1 aromatic rings. The number of fused-ring (bicyclic) bond motifs is 1. The largest absolute Gasteiger partial charge is 0.378 e. The lowest BCUT2D eigenvalue weighted by Gasteiger charge is -2.55. The first-order valence-corrected chi connectivity index (χ1v) is 9.03. The molecule has 0 unspecified atom stereocenters. The summed E-state index contributed by atoms with van der Waals surface area (Å²) in [6.45, 7) is 6.19. The van der Waals surface area contributed by atoms with E-state index in [-0.39, 0.29) is 22.7 Å². The van der Waals surface area contributed by atoms with Crippen molar-refractivity contribution in [1.82, 2.24) is 0 Å². The van der Waals surface area contributed by atoms with Crippen molar-refractivity contribution in [2.45, 2.75) is 52.1 Å². The third-order valence-corrected chi connectivity index (χ3v) is 6.49. The third kappa shape index (κ3) is 2.93. The van der Waals surface area contributed by atoms with Crippen molar-refractivity contribution >= 4 is 5.78 Å². The van der Waals surface area contributed by atoms with Gasteiger partial charge in [-0.1, -0.05) is 57.2 Å². The third-order valence-electron chi connectivity index (χ3n) is 6.49. The second-order valence-electron chi connectivity index (χ2n) is 8.54. The van der Waals surface area contributed by atoms with Gasteiger partial charge in [0.2, 0.25) is 0 Å². The van der Waals surface area contributed by atoms with E-state index in [1.807, 2.05) is 26.0 Å². The van der Waals surface area contributed by atoms with Crippen LogP contribution in [-0.4, -0.2) is 18.5 Å². The maximum Gasteiger partial charge on any atom is 0.178 e. The van der Waals surface area contributed by atoms with Gasteiger partial charge in [-0.05, 0) is 36.2 Å². The Balaban J connectivity index is 1.98. The molecule has 0 bridgehead atoms. The summed E-state index contributed by atoms with van der Waals surface area (Å²) in [6, 6.07) is 12.6. The number of carbonyl (C=O) groups is 1. The van der Waals surface area contributed by atoms with E-state index in [9.17, 15) is 10.1 Å². The Kier molecular flexibility index (Phi) is 4.37. The number of hydrogen-bond acceptors (Lipinski definition) is 3. The number of carbonyl (C=O) groups excluding carboxylic acids is 1. The van der Waals surface area contributed by atoms with E-state index in [0.29, 0.717) is 5.57 Å². The van der Waals surface area contributed by atoms with Crippen LogP contribution < -0.4 is 0 Å². The molecule has 1 aromatic carbocycles. The summed E-state index contributed by atoms with van der Waals surface area (Å²) < 4.78 is 6.06. The normalized spacial score (nSPS) is 34.0. The van der Waals surface area contributed by atoms with Crippen molar-refractivity contribution in [3.8, 4) is 6.07 Å². The average Bonchev–Trinajstić information content (AvgIpc) is 2.59. The van der Waals surface area contributed by atoms with Crippen LogP contribution in [-0.2, 0) is 16.0 Å². The molecule has 1 saturated carbocycles. The second-order valence-corrected chi connectivity index (χ2v) is 8.54. The lowest BCUT2D eigenvalue weighted by molar-refractivity contribution is -0.141. The fourth-order valence-corrected chi connectivity index (χ4v) is 5.33. The molecule has 0 saturated heterocycles. The van der Waals surface area contributed by atoms with Gasteiger partial charge in [-0.2, -0.15) is 5.26 Å². The molecule has 3 heteroatoms. The zero-order valence-corrected chi connectivity index (χ0v) is 15.6. The minimum absolute atomic E-state index is 0.00884. The van der Waals surface area contributed by atoms with Crippen molar-refractivity contribution in [1.29, 1.82) is 5.26 Å². The number of Topliss-reactive ketones (excluding diaryl/α,β-unsaturated/α-hetero) is 1. The fourth-order valence-electron chi connectivity index (χ4n) is 5.33. The van der Waals surface area contributed by atoms with E-state index in [1.54, 1.807) is 7.11 Å². The molecule has 0 N–H and O–H groups in total. The highest BCUT2D eigenvalue weighted by molar-refractivity contribution is 6.04. The lowest BCUT2D eigenvalue weighted by atomic mass is 9.50. The van der Waals surface area contributed by atoms with Crippen molar-refractivity contribution in [2.75, 3.05) is 7.11 Å². The van der Waals surface area contributed by atoms with Gasteiger partial charge in [0, 0.05) is 18.9 Å². The maximum atomic E-state index is 12.7. The van der Waals surface area contributed by atoms with Gasteiger partial charge >= 0.3 is 0 Å². The first kappa shape index (κ1) is 17.9. The standard InChI is InChI=1S/C22H27NO2/c1-20(2)18-10-11-22(25-4,12-16-8-6-5-7-9-16)15-21(18,3)13-17(14-23)19(20)24/h5-9,13,18H,10-12,15H2,1-4H3/t18-,21-,22-/m1/s1. The van der Waals surface area contributed by atoms with Gasteiger partial charge in [-0.15, -0.1) is 0 Å². The number of ether oxygens (including phenoxy) is 1. The molecule has 3 rings (SSSR count). The van der Waals surface area contributed by atoms with Crippen LogP contribution in [0.2, 0.25) is 0 Å². The minimum Gasteiger partial charge on any atom is -0.378 e. The molecule has 2 aliphatic rings. The highest BCUT2D eigenvalue weighted by atomic mass is 16.5. The monoisotopic (exact) mass is 337 g/mol. The Morgan fingerprint density at radius 1 is 1.24 bits per heavy atom. The van der Waals surface area contributed by atoms with Crippen LogP contribution in [0.5, 0.6) is 0 Å². The van der Waals surface area contributed by atoms with Crippen molar-refractivity contribution in [2.24, 2.45) is 16.7 Å². The van der Waals surface area contributed by atoms with Gasteiger partial charge in [-0.25, -0.2) is 0 Å². The molecule has 0 spiro atoms. The molecule has 2 aliphatic carbocycles. The number of nitriles is 1. The summed E-state index contributed by atoms with van der Waals surface area (Å²) in [5.74, 6) is 0.231. The summed E-state index contributed by atoms with van der Waals surface area (Å²) in [5.41, 5.74) is 0.629. The first-order valence-electron chi connectivity index (χ1n) is 9.03. The predicted molar refractivity (Wildman–Crippen MR) is 97.8 cm³/mol. The zero-order valence-electron chi connectivity index (χ0n) is 15.6. The SMILES string of the molecule is CO[C@@]1(Cc2ccccc2)CC[C@@H]2C(C)(C)C(=O)C(C#N)=C[C@]2(C)C1. The number of allylic oxidation sites excluding steroid dienone is 2. The van der Waals surface area contributed by atoms with E-state index in [2.05, 4.69) is 37.3 Å². The van der Waals surface area contributed by atoms with Crippen LogP contribution in [0.1, 0.15) is 45.6 Å². The van der Waals surface area contributed by atoms with Gasteiger partial charge < -0.3 is 4.74 Å². The van der Waals surface area contributed by atoms with Crippen molar-refractivity contribution in [3.63, 3.8) is 0 Å². The molecule has 0 radical (unpaired) electrons. The van der Waals surface area contributed by atoms with Crippen molar-refractivity contribution < 1.29 is 9.53 Å². The quantitative estimate of drug-likeness (QED) is 0.817. The van der Waals surface area contributed by atoms with E-state index >= 15 is 0 Å². The number of ketones is 1. The summed E-state index contributed by atoms with van der Waals surface area (Å²) >= 11 is 0. The molecule has 132 valence electrons. The molecule has 0 aromatic heterocycles. The summed E-state index contributed by atoms with van der Waals surface area (Å²) in [4.78, 5) is 12.7. The predicted octanol–water partition coefficient (Wildman–Crippen LogP) is 4.48. The Morgan fingerprint density at radius 2 is 1.92 bits per heavy atom. The van der Waals surface area contributed by atoms with Gasteiger partial charge in [0.05, 0.1) is 11.2 Å². The molecule has 25 heavy (non-hydrogen) atoms. The minimum atomic E-state index is -0.499. The van der Waals surface area contributed by atoms with Crippen LogP contribution in [0.3, 0.4) is 0 Å². The Hall–Kier alpha value is -1.92. The summed E-state index contributed by atoms with van der Waals surface area (Å²) in [7, 11) is 1.79. The van der Waals surface area contributed by atoms with Crippen LogP contribution in [0.15, 0.2) is 42.0 Å². The van der Waals surface area contributed by atoms with E-state index < -0.39 is 5.41 Å². The molecule has 0 amide bonds. The second kappa shape index (κ2) is 6.11. The zero-order chi connectivity index (χ0) is 18.3. The smallest absolute Gasteiger partial charge is 0.178 e. The highest BCUT2D eigenvalue weighted by Gasteiger charge is 2.56. The molecule has 0 heterocycles. The summed E-state index contributed by atoms with van der Waals surface area (Å²) in [5, 5.41) is 9.45. The number of methoxy groups -OCH3 is 1. The van der Waals surface area contributed by atoms with E-state index in [4.69, 9.17) is 4.74 Å². The fraction of sp³-hybridized carbons (Fsp3) is 0.545. The molecule has 0 aliphatic heterocycles. The molecule has 3 nitrogen and oxygen atoms in total. The van der Waals surface area contributed by atoms with Gasteiger partial charge in [0.15, 0.2) is 5.78 Å². The molecular weight excluding hydrogens is 310 g/mol. The number of benzene rings is 1. The highest BCUT2D eigenvalue weighted by Crippen LogP contribution is 2.58. The number of rotatable bonds is 3. The Morgan fingerprint density at radius 3 is 2.52 bits per heavy atom. The number of hydrogen-bond donors (Lipinski definition) is 0. The summed E-state index contributed by atoms with van der Waals surface area (Å²) in [6.07, 6.45) is 5.49. The first-order chi connectivity index (χ1) is 11.8. The topological polar surface area (TPSA) is 50.1 Å². The van der Waals surface area contributed by atoms with Crippen LogP contribution in [0.25, 0.3) is 0 Å².